The minimum absolute atomic E-state index is 0.00644. The molecule has 0 bridgehead atoms. The first-order valence-electron chi connectivity index (χ1n) is 6.05. The van der Waals surface area contributed by atoms with Gasteiger partial charge in [-0.2, -0.15) is 0 Å². The van der Waals surface area contributed by atoms with E-state index in [1.807, 2.05) is 20.8 Å². The number of rotatable bonds is 5. The number of nitrogens with zero attached hydrogens (tertiary/aromatic N) is 1. The third-order valence-corrected chi connectivity index (χ3v) is 2.87. The number of nitro groups is 1. The minimum atomic E-state index is -0.587. The lowest BCUT2D eigenvalue weighted by molar-refractivity contribution is -0.383. The molecular weight excluding hydrogens is 268 g/mol. The first-order valence-corrected chi connectivity index (χ1v) is 6.43. The van der Waals surface area contributed by atoms with E-state index in [2.05, 4.69) is 5.32 Å². The highest BCUT2D eigenvalue weighted by atomic mass is 35.5. The second-order valence-corrected chi connectivity index (χ2v) is 6.10. The van der Waals surface area contributed by atoms with Crippen LogP contribution in [0.5, 0.6) is 0 Å². The maximum absolute atomic E-state index is 10.9. The average Bonchev–Trinajstić information content (AvgIpc) is 2.24. The summed E-state index contributed by atoms with van der Waals surface area (Å²) in [7, 11) is 0. The molecule has 0 aliphatic rings. The number of halogens is 1. The molecule has 1 aromatic carbocycles. The average molecular weight is 287 g/mol. The zero-order valence-corrected chi connectivity index (χ0v) is 12.1. The van der Waals surface area contributed by atoms with Crippen LogP contribution in [-0.2, 0) is 0 Å². The monoisotopic (exact) mass is 286 g/mol. The van der Waals surface area contributed by atoms with Crippen molar-refractivity contribution in [3.05, 3.63) is 33.3 Å². The molecule has 0 saturated heterocycles. The Morgan fingerprint density at radius 3 is 2.63 bits per heavy atom. The first-order chi connectivity index (χ1) is 8.70. The summed E-state index contributed by atoms with van der Waals surface area (Å²) in [5.74, 6) is 0. The largest absolute Gasteiger partial charge is 0.391 e. The number of aliphatic hydroxyl groups is 1. The molecule has 6 heteroatoms. The normalized spacial score (nSPS) is 13.1. The molecule has 0 aromatic heterocycles. The molecule has 106 valence electrons. The van der Waals surface area contributed by atoms with E-state index in [1.54, 1.807) is 6.07 Å². The zero-order chi connectivity index (χ0) is 14.6. The van der Waals surface area contributed by atoms with Gasteiger partial charge in [0.25, 0.3) is 5.69 Å². The molecule has 0 aliphatic heterocycles. The summed E-state index contributed by atoms with van der Waals surface area (Å²) in [4.78, 5) is 10.4. The highest BCUT2D eigenvalue weighted by Gasteiger charge is 2.20. The van der Waals surface area contributed by atoms with Gasteiger partial charge in [0, 0.05) is 12.6 Å². The van der Waals surface area contributed by atoms with Gasteiger partial charge in [0.1, 0.15) is 5.69 Å². The summed E-state index contributed by atoms with van der Waals surface area (Å²) in [5.41, 5.74) is 0.158. The van der Waals surface area contributed by atoms with Gasteiger partial charge in [-0.05, 0) is 17.9 Å². The lowest BCUT2D eigenvalue weighted by atomic mass is 9.89. The van der Waals surface area contributed by atoms with Gasteiger partial charge in [-0.1, -0.05) is 38.4 Å². The molecule has 5 nitrogen and oxygen atoms in total. The molecular formula is C13H19ClN2O3. The van der Waals surface area contributed by atoms with Crippen molar-refractivity contribution >= 4 is 23.0 Å². The van der Waals surface area contributed by atoms with Gasteiger partial charge < -0.3 is 10.4 Å². The molecule has 0 radical (unpaired) electrons. The van der Waals surface area contributed by atoms with Crippen LogP contribution in [-0.4, -0.2) is 22.7 Å². The van der Waals surface area contributed by atoms with Crippen molar-refractivity contribution < 1.29 is 10.0 Å². The fourth-order valence-electron chi connectivity index (χ4n) is 1.84. The fraction of sp³-hybridized carbons (Fsp3) is 0.538. The van der Waals surface area contributed by atoms with Crippen LogP contribution < -0.4 is 5.32 Å². The molecule has 1 atom stereocenters. The Kier molecular flexibility index (Phi) is 5.14. The number of aliphatic hydroxyl groups excluding tert-OH is 1. The second-order valence-electron chi connectivity index (χ2n) is 5.69. The van der Waals surface area contributed by atoms with E-state index in [4.69, 9.17) is 11.6 Å². The lowest BCUT2D eigenvalue weighted by Crippen LogP contribution is -2.25. The van der Waals surface area contributed by atoms with Crippen LogP contribution >= 0.6 is 11.6 Å². The molecule has 0 fully saturated rings. The second kappa shape index (κ2) is 6.21. The summed E-state index contributed by atoms with van der Waals surface area (Å²) in [6.07, 6.45) is 0.00834. The maximum atomic E-state index is 10.9. The van der Waals surface area contributed by atoms with Gasteiger partial charge in [-0.25, -0.2) is 0 Å². The van der Waals surface area contributed by atoms with Gasteiger partial charge in [-0.15, -0.1) is 0 Å². The highest BCUT2D eigenvalue weighted by molar-refractivity contribution is 6.33. The summed E-state index contributed by atoms with van der Waals surface area (Å²) < 4.78 is 0. The molecule has 0 saturated carbocycles. The van der Waals surface area contributed by atoms with Crippen LogP contribution in [0.25, 0.3) is 0 Å². The number of nitrogens with one attached hydrogen (secondary N) is 1. The van der Waals surface area contributed by atoms with E-state index in [-0.39, 0.29) is 28.4 Å². The third kappa shape index (κ3) is 5.04. The number of hydrogen-bond donors (Lipinski definition) is 2. The Balaban J connectivity index is 2.75. The number of anilines is 1. The molecule has 19 heavy (non-hydrogen) atoms. The SMILES string of the molecule is CC(C)(C)CC(O)CNc1c(Cl)cccc1[N+](=O)[O-]. The van der Waals surface area contributed by atoms with Crippen LogP contribution in [0.1, 0.15) is 27.2 Å². The molecule has 0 amide bonds. The van der Waals surface area contributed by atoms with Crippen molar-refractivity contribution in [3.63, 3.8) is 0 Å². The Morgan fingerprint density at radius 1 is 1.47 bits per heavy atom. The summed E-state index contributed by atoms with van der Waals surface area (Å²) in [6.45, 7) is 6.29. The van der Waals surface area contributed by atoms with Gasteiger partial charge in [0.05, 0.1) is 16.0 Å². The molecule has 0 heterocycles. The van der Waals surface area contributed by atoms with Gasteiger partial charge in [0.2, 0.25) is 0 Å². The van der Waals surface area contributed by atoms with E-state index < -0.39 is 11.0 Å². The first kappa shape index (κ1) is 15.7. The van der Waals surface area contributed by atoms with Crippen LogP contribution in [0.4, 0.5) is 11.4 Å². The number of para-hydroxylation sites is 1. The Bertz CT molecular complexity index is 458. The van der Waals surface area contributed by atoms with Crippen molar-refractivity contribution in [1.29, 1.82) is 0 Å². The molecule has 2 N–H and O–H groups in total. The number of hydrogen-bond acceptors (Lipinski definition) is 4. The van der Waals surface area contributed by atoms with E-state index in [0.29, 0.717) is 6.42 Å². The topological polar surface area (TPSA) is 75.4 Å². The Morgan fingerprint density at radius 2 is 2.11 bits per heavy atom. The minimum Gasteiger partial charge on any atom is -0.391 e. The van der Waals surface area contributed by atoms with Crippen molar-refractivity contribution in [2.75, 3.05) is 11.9 Å². The summed E-state index contributed by atoms with van der Waals surface area (Å²) in [6, 6.07) is 4.48. The van der Waals surface area contributed by atoms with E-state index >= 15 is 0 Å². The van der Waals surface area contributed by atoms with E-state index in [9.17, 15) is 15.2 Å². The molecule has 0 aliphatic carbocycles. The fourth-order valence-corrected chi connectivity index (χ4v) is 2.08. The number of nitro benzene ring substituents is 1. The van der Waals surface area contributed by atoms with Crippen LogP contribution in [0, 0.1) is 15.5 Å². The van der Waals surface area contributed by atoms with Crippen molar-refractivity contribution in [1.82, 2.24) is 0 Å². The highest BCUT2D eigenvalue weighted by Crippen LogP contribution is 2.32. The van der Waals surface area contributed by atoms with Crippen molar-refractivity contribution in [2.45, 2.75) is 33.3 Å². The predicted octanol–water partition coefficient (Wildman–Crippen LogP) is 3.46. The molecule has 1 unspecified atom stereocenters. The van der Waals surface area contributed by atoms with Gasteiger partial charge >= 0.3 is 0 Å². The zero-order valence-electron chi connectivity index (χ0n) is 11.3. The third-order valence-electron chi connectivity index (χ3n) is 2.55. The van der Waals surface area contributed by atoms with Crippen LogP contribution in [0.2, 0.25) is 5.02 Å². The van der Waals surface area contributed by atoms with E-state index in [0.717, 1.165) is 0 Å². The number of benzene rings is 1. The molecule has 1 aromatic rings. The Hall–Kier alpha value is -1.33. The predicted molar refractivity (Wildman–Crippen MR) is 76.7 cm³/mol. The van der Waals surface area contributed by atoms with Crippen molar-refractivity contribution in [3.8, 4) is 0 Å². The Labute approximate surface area is 117 Å². The van der Waals surface area contributed by atoms with Crippen LogP contribution in [0.3, 0.4) is 0 Å². The summed E-state index contributed by atoms with van der Waals surface area (Å²) in [5, 5.41) is 23.9. The van der Waals surface area contributed by atoms with E-state index in [1.165, 1.54) is 12.1 Å². The van der Waals surface area contributed by atoms with Gasteiger partial charge in [-0.3, -0.25) is 10.1 Å². The standard InChI is InChI=1S/C13H19ClN2O3/c1-13(2,3)7-9(17)8-15-12-10(14)5-4-6-11(12)16(18)19/h4-6,9,15,17H,7-8H2,1-3H3. The quantitative estimate of drug-likeness (QED) is 0.642. The maximum Gasteiger partial charge on any atom is 0.293 e. The molecule has 1 rings (SSSR count). The van der Waals surface area contributed by atoms with Gasteiger partial charge in [0.15, 0.2) is 0 Å². The van der Waals surface area contributed by atoms with Crippen molar-refractivity contribution in [2.24, 2.45) is 5.41 Å². The summed E-state index contributed by atoms with van der Waals surface area (Å²) >= 11 is 5.94. The van der Waals surface area contributed by atoms with Crippen LogP contribution in [0.15, 0.2) is 18.2 Å². The molecule has 0 spiro atoms. The smallest absolute Gasteiger partial charge is 0.293 e. The lowest BCUT2D eigenvalue weighted by Gasteiger charge is -2.22.